The topological polar surface area (TPSA) is 51.8 Å². The van der Waals surface area contributed by atoms with Gasteiger partial charge in [0.2, 0.25) is 0 Å². The van der Waals surface area contributed by atoms with Crippen LogP contribution in [0.3, 0.4) is 0 Å². The van der Waals surface area contributed by atoms with Gasteiger partial charge in [-0.05, 0) is 75.2 Å². The SMILES string of the molecule is Cc1nc(CN)c(C)c(C2C3CC4CC(C3)CC2C4)n1. The molecule has 0 atom stereocenters. The minimum atomic E-state index is 0.537. The van der Waals surface area contributed by atoms with Crippen molar-refractivity contribution in [3.05, 3.63) is 22.8 Å². The Balaban J connectivity index is 1.76. The Bertz CT molecular complexity index is 509. The third-order valence-electron chi connectivity index (χ3n) is 6.13. The van der Waals surface area contributed by atoms with E-state index in [2.05, 4.69) is 11.9 Å². The van der Waals surface area contributed by atoms with E-state index in [-0.39, 0.29) is 0 Å². The fourth-order valence-electron chi connectivity index (χ4n) is 5.61. The van der Waals surface area contributed by atoms with Crippen molar-refractivity contribution < 1.29 is 0 Å². The summed E-state index contributed by atoms with van der Waals surface area (Å²) in [5.41, 5.74) is 9.54. The van der Waals surface area contributed by atoms with E-state index < -0.39 is 0 Å². The van der Waals surface area contributed by atoms with E-state index in [9.17, 15) is 0 Å². The fraction of sp³-hybridized carbons (Fsp3) is 0.765. The summed E-state index contributed by atoms with van der Waals surface area (Å²) in [7, 11) is 0. The summed E-state index contributed by atoms with van der Waals surface area (Å²) >= 11 is 0. The summed E-state index contributed by atoms with van der Waals surface area (Å²) in [5.74, 6) is 5.39. The van der Waals surface area contributed by atoms with Gasteiger partial charge in [0.05, 0.1) is 11.4 Å². The summed E-state index contributed by atoms with van der Waals surface area (Å²) in [6.07, 6.45) is 7.28. The molecule has 5 rings (SSSR count). The molecule has 4 saturated carbocycles. The molecule has 2 N–H and O–H groups in total. The lowest BCUT2D eigenvalue weighted by atomic mass is 9.51. The van der Waals surface area contributed by atoms with Crippen LogP contribution in [0.4, 0.5) is 0 Å². The van der Waals surface area contributed by atoms with Crippen molar-refractivity contribution in [2.24, 2.45) is 29.4 Å². The van der Waals surface area contributed by atoms with E-state index in [1.807, 2.05) is 6.92 Å². The molecule has 3 heteroatoms. The molecule has 108 valence electrons. The number of hydrogen-bond donors (Lipinski definition) is 1. The van der Waals surface area contributed by atoms with Crippen LogP contribution in [0.1, 0.15) is 60.8 Å². The number of nitrogens with zero attached hydrogens (tertiary/aromatic N) is 2. The summed E-state index contributed by atoms with van der Waals surface area (Å²) in [6.45, 7) is 4.73. The number of aryl methyl sites for hydroxylation is 1. The lowest BCUT2D eigenvalue weighted by Gasteiger charge is -2.54. The van der Waals surface area contributed by atoms with E-state index in [1.54, 1.807) is 0 Å². The average Bonchev–Trinajstić information content (AvgIpc) is 2.40. The second-order valence-corrected chi connectivity index (χ2v) is 7.39. The quantitative estimate of drug-likeness (QED) is 0.899. The maximum absolute atomic E-state index is 5.87. The highest BCUT2D eigenvalue weighted by molar-refractivity contribution is 5.30. The van der Waals surface area contributed by atoms with Crippen molar-refractivity contribution in [2.45, 2.75) is 58.4 Å². The maximum Gasteiger partial charge on any atom is 0.125 e. The van der Waals surface area contributed by atoms with Crippen molar-refractivity contribution in [1.29, 1.82) is 0 Å². The number of hydrogen-bond acceptors (Lipinski definition) is 3. The number of nitrogens with two attached hydrogens (primary N) is 1. The van der Waals surface area contributed by atoms with Crippen molar-refractivity contribution >= 4 is 0 Å². The van der Waals surface area contributed by atoms with Crippen LogP contribution in [0, 0.1) is 37.5 Å². The fourth-order valence-corrected chi connectivity index (χ4v) is 5.61. The molecule has 0 aromatic carbocycles. The molecule has 1 aromatic rings. The lowest BCUT2D eigenvalue weighted by Crippen LogP contribution is -2.44. The molecule has 4 fully saturated rings. The van der Waals surface area contributed by atoms with E-state index in [0.717, 1.165) is 35.2 Å². The molecule has 0 amide bonds. The minimum Gasteiger partial charge on any atom is -0.325 e. The zero-order valence-electron chi connectivity index (χ0n) is 12.6. The van der Waals surface area contributed by atoms with Crippen LogP contribution >= 0.6 is 0 Å². The molecule has 4 aliphatic carbocycles. The van der Waals surface area contributed by atoms with E-state index in [0.29, 0.717) is 12.5 Å². The highest BCUT2D eigenvalue weighted by Gasteiger charge is 2.49. The van der Waals surface area contributed by atoms with Gasteiger partial charge in [0, 0.05) is 12.5 Å². The Kier molecular flexibility index (Phi) is 2.88. The third-order valence-corrected chi connectivity index (χ3v) is 6.13. The molecule has 4 aliphatic rings. The Morgan fingerprint density at radius 1 is 0.950 bits per heavy atom. The summed E-state index contributed by atoms with van der Waals surface area (Å²) in [4.78, 5) is 9.39. The van der Waals surface area contributed by atoms with Crippen LogP contribution in [-0.4, -0.2) is 9.97 Å². The summed E-state index contributed by atoms with van der Waals surface area (Å²) < 4.78 is 0. The first-order valence-corrected chi connectivity index (χ1v) is 8.19. The molecule has 4 bridgehead atoms. The van der Waals surface area contributed by atoms with Crippen LogP contribution in [-0.2, 0) is 6.54 Å². The average molecular weight is 271 g/mol. The van der Waals surface area contributed by atoms with Crippen molar-refractivity contribution in [3.8, 4) is 0 Å². The Hall–Kier alpha value is -0.960. The van der Waals surface area contributed by atoms with E-state index >= 15 is 0 Å². The van der Waals surface area contributed by atoms with Gasteiger partial charge < -0.3 is 5.73 Å². The zero-order valence-corrected chi connectivity index (χ0v) is 12.6. The molecule has 0 saturated heterocycles. The van der Waals surface area contributed by atoms with Gasteiger partial charge in [0.1, 0.15) is 5.82 Å². The third kappa shape index (κ3) is 1.82. The standard InChI is InChI=1S/C17H25N3/c1-9-15(8-18)19-10(2)20-17(9)16-13-4-11-3-12(6-13)7-14(16)5-11/h11-14,16H,3-8,18H2,1-2H3. The van der Waals surface area contributed by atoms with Crippen LogP contribution in [0.2, 0.25) is 0 Å². The summed E-state index contributed by atoms with van der Waals surface area (Å²) in [5, 5.41) is 0. The van der Waals surface area contributed by atoms with Crippen LogP contribution in [0.25, 0.3) is 0 Å². The van der Waals surface area contributed by atoms with Gasteiger partial charge >= 0.3 is 0 Å². The normalized spacial score (nSPS) is 38.5. The van der Waals surface area contributed by atoms with Crippen LogP contribution in [0.15, 0.2) is 0 Å². The van der Waals surface area contributed by atoms with E-state index in [4.69, 9.17) is 10.7 Å². The lowest BCUT2D eigenvalue weighted by molar-refractivity contribution is -0.00449. The molecule has 1 aromatic heterocycles. The number of aromatic nitrogens is 2. The highest BCUT2D eigenvalue weighted by Crippen LogP contribution is 2.59. The predicted octanol–water partition coefficient (Wildman–Crippen LogP) is 3.09. The molecule has 3 nitrogen and oxygen atoms in total. The Morgan fingerprint density at radius 2 is 1.55 bits per heavy atom. The molecule has 0 spiro atoms. The summed E-state index contributed by atoms with van der Waals surface area (Å²) in [6, 6.07) is 0. The van der Waals surface area contributed by atoms with Crippen LogP contribution in [0.5, 0.6) is 0 Å². The molecule has 1 heterocycles. The van der Waals surface area contributed by atoms with Gasteiger partial charge in [0.15, 0.2) is 0 Å². The predicted molar refractivity (Wildman–Crippen MR) is 79.2 cm³/mol. The monoisotopic (exact) mass is 271 g/mol. The van der Waals surface area contributed by atoms with Gasteiger partial charge in [-0.3, -0.25) is 0 Å². The van der Waals surface area contributed by atoms with Gasteiger partial charge in [0.25, 0.3) is 0 Å². The first-order valence-electron chi connectivity index (χ1n) is 8.19. The highest BCUT2D eigenvalue weighted by atomic mass is 14.9. The van der Waals surface area contributed by atoms with Crippen molar-refractivity contribution in [3.63, 3.8) is 0 Å². The van der Waals surface area contributed by atoms with Crippen molar-refractivity contribution in [2.75, 3.05) is 0 Å². The molecule has 0 aliphatic heterocycles. The first-order chi connectivity index (χ1) is 9.65. The van der Waals surface area contributed by atoms with Gasteiger partial charge in [-0.25, -0.2) is 9.97 Å². The largest absolute Gasteiger partial charge is 0.325 e. The minimum absolute atomic E-state index is 0.537. The Labute approximate surface area is 121 Å². The molecular formula is C17H25N3. The molecule has 20 heavy (non-hydrogen) atoms. The second-order valence-electron chi connectivity index (χ2n) is 7.39. The number of rotatable bonds is 2. The molecule has 0 radical (unpaired) electrons. The zero-order chi connectivity index (χ0) is 13.9. The smallest absolute Gasteiger partial charge is 0.125 e. The molecular weight excluding hydrogens is 246 g/mol. The van der Waals surface area contributed by atoms with Crippen molar-refractivity contribution in [1.82, 2.24) is 9.97 Å². The van der Waals surface area contributed by atoms with E-state index in [1.165, 1.54) is 43.4 Å². The maximum atomic E-state index is 5.87. The van der Waals surface area contributed by atoms with Gasteiger partial charge in [-0.15, -0.1) is 0 Å². The molecule has 0 unspecified atom stereocenters. The van der Waals surface area contributed by atoms with Gasteiger partial charge in [-0.2, -0.15) is 0 Å². The van der Waals surface area contributed by atoms with Gasteiger partial charge in [-0.1, -0.05) is 0 Å². The Morgan fingerprint density at radius 3 is 2.10 bits per heavy atom. The van der Waals surface area contributed by atoms with Crippen LogP contribution < -0.4 is 5.73 Å². The second kappa shape index (κ2) is 4.52. The first kappa shape index (κ1) is 12.8.